The fraction of sp³-hybridized carbons (Fsp3) is 0.667. The topological polar surface area (TPSA) is 21.3 Å². The van der Waals surface area contributed by atoms with Gasteiger partial charge in [0.05, 0.1) is 12.7 Å². The SMILES string of the molecule is CCCNC(Cc1cc(C)cc(C)c1)C1COC(C)C1. The zero-order chi connectivity index (χ0) is 14.5. The van der Waals surface area contributed by atoms with Crippen LogP contribution in [0.4, 0.5) is 0 Å². The summed E-state index contributed by atoms with van der Waals surface area (Å²) in [5, 5.41) is 3.74. The van der Waals surface area contributed by atoms with Crippen molar-refractivity contribution in [3.8, 4) is 0 Å². The van der Waals surface area contributed by atoms with Crippen LogP contribution in [-0.2, 0) is 11.2 Å². The van der Waals surface area contributed by atoms with Gasteiger partial charge in [-0.2, -0.15) is 0 Å². The van der Waals surface area contributed by atoms with Crippen LogP contribution in [0.25, 0.3) is 0 Å². The molecule has 0 bridgehead atoms. The molecule has 2 nitrogen and oxygen atoms in total. The summed E-state index contributed by atoms with van der Waals surface area (Å²) in [7, 11) is 0. The van der Waals surface area contributed by atoms with Gasteiger partial charge in [0.25, 0.3) is 0 Å². The lowest BCUT2D eigenvalue weighted by molar-refractivity contribution is 0.117. The van der Waals surface area contributed by atoms with Crippen molar-refractivity contribution in [3.05, 3.63) is 34.9 Å². The van der Waals surface area contributed by atoms with Gasteiger partial charge in [-0.3, -0.25) is 0 Å². The van der Waals surface area contributed by atoms with Crippen molar-refractivity contribution in [1.29, 1.82) is 0 Å². The number of hydrogen-bond acceptors (Lipinski definition) is 2. The van der Waals surface area contributed by atoms with Crippen molar-refractivity contribution in [2.75, 3.05) is 13.2 Å². The van der Waals surface area contributed by atoms with Crippen molar-refractivity contribution in [2.24, 2.45) is 5.92 Å². The van der Waals surface area contributed by atoms with E-state index in [0.29, 0.717) is 18.1 Å². The number of benzene rings is 1. The van der Waals surface area contributed by atoms with Crippen LogP contribution < -0.4 is 5.32 Å². The minimum atomic E-state index is 0.421. The Kier molecular flexibility index (Phi) is 5.62. The molecule has 1 saturated heterocycles. The first kappa shape index (κ1) is 15.5. The lowest BCUT2D eigenvalue weighted by Gasteiger charge is -2.24. The van der Waals surface area contributed by atoms with Gasteiger partial charge in [-0.1, -0.05) is 36.2 Å². The number of ether oxygens (including phenoxy) is 1. The van der Waals surface area contributed by atoms with E-state index in [9.17, 15) is 0 Å². The van der Waals surface area contributed by atoms with E-state index in [0.717, 1.165) is 19.6 Å². The molecule has 0 aliphatic carbocycles. The molecule has 0 saturated carbocycles. The maximum Gasteiger partial charge on any atom is 0.0551 e. The summed E-state index contributed by atoms with van der Waals surface area (Å²) in [5.74, 6) is 0.650. The predicted octanol–water partition coefficient (Wildman–Crippen LogP) is 3.64. The lowest BCUT2D eigenvalue weighted by atomic mass is 9.90. The Labute approximate surface area is 123 Å². The van der Waals surface area contributed by atoms with Crippen molar-refractivity contribution in [1.82, 2.24) is 5.32 Å². The Bertz CT molecular complexity index is 409. The minimum Gasteiger partial charge on any atom is -0.378 e. The normalized spacial score (nSPS) is 24.0. The van der Waals surface area contributed by atoms with Crippen LogP contribution in [0.2, 0.25) is 0 Å². The van der Waals surface area contributed by atoms with Gasteiger partial charge in [-0.25, -0.2) is 0 Å². The van der Waals surface area contributed by atoms with Crippen LogP contribution in [-0.4, -0.2) is 25.3 Å². The van der Waals surface area contributed by atoms with E-state index >= 15 is 0 Å². The van der Waals surface area contributed by atoms with Crippen molar-refractivity contribution in [2.45, 2.75) is 59.1 Å². The Morgan fingerprint density at radius 1 is 1.25 bits per heavy atom. The van der Waals surface area contributed by atoms with E-state index in [1.165, 1.54) is 29.5 Å². The van der Waals surface area contributed by atoms with Crippen LogP contribution in [0.3, 0.4) is 0 Å². The van der Waals surface area contributed by atoms with Gasteiger partial charge in [0.1, 0.15) is 0 Å². The molecular weight excluding hydrogens is 246 g/mol. The highest BCUT2D eigenvalue weighted by Gasteiger charge is 2.29. The third kappa shape index (κ3) is 4.32. The molecule has 0 radical (unpaired) electrons. The fourth-order valence-corrected chi connectivity index (χ4v) is 3.31. The molecule has 0 amide bonds. The predicted molar refractivity (Wildman–Crippen MR) is 85.2 cm³/mol. The summed E-state index contributed by atoms with van der Waals surface area (Å²) in [6, 6.07) is 7.44. The van der Waals surface area contributed by atoms with E-state index in [1.807, 2.05) is 0 Å². The van der Waals surface area contributed by atoms with Crippen molar-refractivity contribution >= 4 is 0 Å². The van der Waals surface area contributed by atoms with Crippen LogP contribution in [0.15, 0.2) is 18.2 Å². The molecule has 1 N–H and O–H groups in total. The monoisotopic (exact) mass is 275 g/mol. The molecule has 20 heavy (non-hydrogen) atoms. The molecule has 1 aliphatic rings. The highest BCUT2D eigenvalue weighted by Crippen LogP contribution is 2.25. The van der Waals surface area contributed by atoms with E-state index in [-0.39, 0.29) is 0 Å². The summed E-state index contributed by atoms with van der Waals surface area (Å²) in [6.45, 7) is 10.8. The lowest BCUT2D eigenvalue weighted by Crippen LogP contribution is -2.39. The van der Waals surface area contributed by atoms with Crippen LogP contribution in [0.1, 0.15) is 43.4 Å². The molecule has 2 heteroatoms. The molecular formula is C18H29NO. The number of aryl methyl sites for hydroxylation is 2. The van der Waals surface area contributed by atoms with Gasteiger partial charge in [0.15, 0.2) is 0 Å². The van der Waals surface area contributed by atoms with Crippen molar-refractivity contribution < 1.29 is 4.74 Å². The summed E-state index contributed by atoms with van der Waals surface area (Å²) >= 11 is 0. The summed E-state index contributed by atoms with van der Waals surface area (Å²) < 4.78 is 5.77. The zero-order valence-corrected chi connectivity index (χ0v) is 13.4. The van der Waals surface area contributed by atoms with Gasteiger partial charge in [0.2, 0.25) is 0 Å². The molecule has 1 aromatic carbocycles. The number of hydrogen-bond donors (Lipinski definition) is 1. The van der Waals surface area contributed by atoms with E-state index in [1.54, 1.807) is 0 Å². The first-order valence-corrected chi connectivity index (χ1v) is 8.00. The second kappa shape index (κ2) is 7.24. The van der Waals surface area contributed by atoms with Gasteiger partial charge in [0, 0.05) is 12.0 Å². The number of nitrogens with one attached hydrogen (secondary N) is 1. The molecule has 1 aromatic rings. The van der Waals surface area contributed by atoms with E-state index in [4.69, 9.17) is 4.74 Å². The molecule has 3 atom stereocenters. The van der Waals surface area contributed by atoms with Gasteiger partial charge < -0.3 is 10.1 Å². The van der Waals surface area contributed by atoms with Crippen LogP contribution in [0, 0.1) is 19.8 Å². The second-order valence-corrected chi connectivity index (χ2v) is 6.40. The van der Waals surface area contributed by atoms with Gasteiger partial charge in [-0.15, -0.1) is 0 Å². The smallest absolute Gasteiger partial charge is 0.0551 e. The van der Waals surface area contributed by atoms with Crippen LogP contribution in [0.5, 0.6) is 0 Å². The molecule has 1 aliphatic heterocycles. The van der Waals surface area contributed by atoms with Crippen LogP contribution >= 0.6 is 0 Å². The summed E-state index contributed by atoms with van der Waals surface area (Å²) in [4.78, 5) is 0. The Morgan fingerprint density at radius 2 is 1.95 bits per heavy atom. The molecule has 3 unspecified atom stereocenters. The minimum absolute atomic E-state index is 0.421. The average molecular weight is 275 g/mol. The molecule has 0 spiro atoms. The zero-order valence-electron chi connectivity index (χ0n) is 13.4. The first-order valence-electron chi connectivity index (χ1n) is 8.00. The molecule has 112 valence electrons. The standard InChI is InChI=1S/C18H29NO/c1-5-6-19-18(17-10-15(4)20-12-17)11-16-8-13(2)7-14(3)9-16/h7-9,15,17-19H,5-6,10-12H2,1-4H3. The maximum atomic E-state index is 5.77. The highest BCUT2D eigenvalue weighted by molar-refractivity contribution is 5.29. The van der Waals surface area contributed by atoms with Gasteiger partial charge in [-0.05, 0) is 52.1 Å². The molecule has 0 aromatic heterocycles. The number of rotatable bonds is 6. The third-order valence-electron chi connectivity index (χ3n) is 4.19. The summed E-state index contributed by atoms with van der Waals surface area (Å²) in [6.07, 6.45) is 3.91. The third-order valence-corrected chi connectivity index (χ3v) is 4.19. The average Bonchev–Trinajstić information content (AvgIpc) is 2.80. The van der Waals surface area contributed by atoms with Gasteiger partial charge >= 0.3 is 0 Å². The van der Waals surface area contributed by atoms with Crippen molar-refractivity contribution in [3.63, 3.8) is 0 Å². The summed E-state index contributed by atoms with van der Waals surface area (Å²) in [5.41, 5.74) is 4.19. The highest BCUT2D eigenvalue weighted by atomic mass is 16.5. The Hall–Kier alpha value is -0.860. The Balaban J connectivity index is 2.06. The van der Waals surface area contributed by atoms with E-state index in [2.05, 4.69) is 51.2 Å². The van der Waals surface area contributed by atoms with E-state index < -0.39 is 0 Å². The fourth-order valence-electron chi connectivity index (χ4n) is 3.31. The second-order valence-electron chi connectivity index (χ2n) is 6.40. The Morgan fingerprint density at radius 3 is 2.50 bits per heavy atom. The molecule has 2 rings (SSSR count). The maximum absolute atomic E-state index is 5.77. The molecule has 1 fully saturated rings. The first-order chi connectivity index (χ1) is 9.58. The quantitative estimate of drug-likeness (QED) is 0.856. The largest absolute Gasteiger partial charge is 0.378 e. The molecule has 1 heterocycles.